The summed E-state index contributed by atoms with van der Waals surface area (Å²) in [6.07, 6.45) is 0. The van der Waals surface area contributed by atoms with Crippen LogP contribution in [0.3, 0.4) is 0 Å². The van der Waals surface area contributed by atoms with Gasteiger partial charge in [-0.15, -0.1) is 0 Å². The molecule has 0 saturated carbocycles. The molecule has 0 atom stereocenters. The van der Waals surface area contributed by atoms with Crippen LogP contribution in [-0.4, -0.2) is 0 Å². The van der Waals surface area contributed by atoms with Gasteiger partial charge in [-0.2, -0.15) is 0 Å². The predicted molar refractivity (Wildman–Crippen MR) is 182 cm³/mol. The fourth-order valence-electron chi connectivity index (χ4n) is 5.60. The quantitative estimate of drug-likeness (QED) is 0.119. The summed E-state index contributed by atoms with van der Waals surface area (Å²) in [5.74, 6) is 0. The molecule has 0 bridgehead atoms. The zero-order chi connectivity index (χ0) is 27.3. The minimum absolute atomic E-state index is 0.490. The Labute approximate surface area is 249 Å². The Morgan fingerprint density at radius 3 is 0.575 bits per heavy atom. The molecule has 0 aliphatic rings. The molecule has 0 fully saturated rings. The molecule has 6 aromatic carbocycles. The molecule has 6 aromatic rings. The van der Waals surface area contributed by atoms with E-state index in [0.29, 0.717) is 0 Å². The SMILES string of the molecule is [Br][Ni]([PH](c1ccccc1)(c1ccccc1)c1ccccc1)[PH](c1ccccc1)(c1ccccc1)c1ccccc1. The average Bonchev–Trinajstić information content (AvgIpc) is 3.05. The predicted octanol–water partition coefficient (Wildman–Crippen LogP) is 7.20. The van der Waals surface area contributed by atoms with E-state index < -0.39 is 22.8 Å². The van der Waals surface area contributed by atoms with Crippen LogP contribution in [0.4, 0.5) is 0 Å². The Kier molecular flexibility index (Phi) is 8.44. The van der Waals surface area contributed by atoms with Crippen molar-refractivity contribution < 1.29 is 10.8 Å². The first-order valence-corrected chi connectivity index (χ1v) is 22.4. The second kappa shape index (κ2) is 12.3. The third-order valence-corrected chi connectivity index (χ3v) is 38.9. The molecule has 0 spiro atoms. The van der Waals surface area contributed by atoms with Crippen molar-refractivity contribution in [1.82, 2.24) is 0 Å². The van der Waals surface area contributed by atoms with E-state index in [0.717, 1.165) is 0 Å². The van der Waals surface area contributed by atoms with Crippen LogP contribution in [0.1, 0.15) is 0 Å². The zero-order valence-corrected chi connectivity index (χ0v) is 26.6. The summed E-state index contributed by atoms with van der Waals surface area (Å²) >= 11 is 4.71. The van der Waals surface area contributed by atoms with Crippen LogP contribution >= 0.6 is 26.3 Å². The molecule has 0 amide bonds. The first-order chi connectivity index (χ1) is 19.8. The average molecular weight is 665 g/mol. The van der Waals surface area contributed by atoms with Gasteiger partial charge in [0, 0.05) is 0 Å². The molecule has 0 radical (unpaired) electrons. The fraction of sp³-hybridized carbons (Fsp3) is 0. The van der Waals surface area contributed by atoms with Gasteiger partial charge in [0.25, 0.3) is 0 Å². The van der Waals surface area contributed by atoms with Gasteiger partial charge >= 0.3 is 251 Å². The first-order valence-electron chi connectivity index (χ1n) is 13.4. The van der Waals surface area contributed by atoms with Gasteiger partial charge < -0.3 is 0 Å². The summed E-state index contributed by atoms with van der Waals surface area (Å²) in [6.45, 7) is 0. The summed E-state index contributed by atoms with van der Waals surface area (Å²) in [6, 6.07) is 62.5. The molecule has 4 heteroatoms. The Balaban J connectivity index is 1.81. The molecule has 0 saturated heterocycles. The Hall–Kier alpha value is -2.85. The second-order valence-corrected chi connectivity index (χ2v) is 30.4. The number of hydrogen-bond acceptors (Lipinski definition) is 0. The molecule has 0 aliphatic carbocycles. The van der Waals surface area contributed by atoms with Crippen LogP contribution in [0.25, 0.3) is 0 Å². The van der Waals surface area contributed by atoms with Crippen LogP contribution in [-0.2, 0) is 10.8 Å². The number of benzene rings is 6. The molecule has 0 nitrogen and oxygen atoms in total. The molecule has 0 aromatic heterocycles. The standard InChI is InChI=1S/2C18H15P.BrH.Ni/c2*1-4-10-16(11-5-1)19(17-12-6-2-7-13-17)18-14-8-3-9-15-18;;/h2*1-15H;1H;/q;;;-1/p+1. The van der Waals surface area contributed by atoms with Gasteiger partial charge in [-0.1, -0.05) is 0 Å². The summed E-state index contributed by atoms with van der Waals surface area (Å²) in [7, 11) is -0.490. The van der Waals surface area contributed by atoms with Gasteiger partial charge in [0.1, 0.15) is 0 Å². The first kappa shape index (κ1) is 27.3. The molecular weight excluding hydrogens is 633 g/mol. The Bertz CT molecular complexity index is 1310. The normalized spacial score (nSPS) is 12.9. The molecule has 6 rings (SSSR count). The van der Waals surface area contributed by atoms with E-state index >= 15 is 0 Å². The Morgan fingerprint density at radius 1 is 0.275 bits per heavy atom. The van der Waals surface area contributed by atoms with E-state index in [1.165, 1.54) is 31.8 Å². The molecule has 40 heavy (non-hydrogen) atoms. The summed E-state index contributed by atoms with van der Waals surface area (Å²) < 4.78 is 0. The second-order valence-electron chi connectivity index (χ2n) is 9.62. The van der Waals surface area contributed by atoms with Crippen LogP contribution in [0.2, 0.25) is 0 Å². The summed E-state index contributed by atoms with van der Waals surface area (Å²) in [5, 5.41) is 8.58. The maximum atomic E-state index is 4.71. The number of halogens is 1. The van der Waals surface area contributed by atoms with Crippen LogP contribution < -0.4 is 31.8 Å². The van der Waals surface area contributed by atoms with Gasteiger partial charge in [0.2, 0.25) is 0 Å². The molecule has 0 N–H and O–H groups in total. The van der Waals surface area contributed by atoms with E-state index in [1.54, 1.807) is 0 Å². The van der Waals surface area contributed by atoms with Gasteiger partial charge in [-0.05, 0) is 0 Å². The minimum atomic E-state index is -2.69. The zero-order valence-electron chi connectivity index (χ0n) is 22.0. The van der Waals surface area contributed by atoms with Crippen molar-refractivity contribution in [2.24, 2.45) is 0 Å². The van der Waals surface area contributed by atoms with Crippen molar-refractivity contribution in [2.75, 3.05) is 0 Å². The maximum absolute atomic E-state index is 4.71. The molecule has 0 heterocycles. The van der Waals surface area contributed by atoms with E-state index in [9.17, 15) is 0 Å². The summed E-state index contributed by atoms with van der Waals surface area (Å²) in [4.78, 5) is 0. The van der Waals surface area contributed by atoms with Crippen LogP contribution in [0, 0.1) is 0 Å². The van der Waals surface area contributed by atoms with Crippen molar-refractivity contribution in [3.63, 3.8) is 0 Å². The van der Waals surface area contributed by atoms with E-state index in [4.69, 9.17) is 14.2 Å². The molecule has 203 valence electrons. The monoisotopic (exact) mass is 663 g/mol. The van der Waals surface area contributed by atoms with Crippen LogP contribution in [0.5, 0.6) is 0 Å². The molecular formula is C36H32BrNiP2. The topological polar surface area (TPSA) is 0 Å². The number of rotatable bonds is 8. The Morgan fingerprint density at radius 2 is 0.425 bits per heavy atom. The van der Waals surface area contributed by atoms with Gasteiger partial charge in [0.15, 0.2) is 0 Å². The van der Waals surface area contributed by atoms with Gasteiger partial charge in [0.05, 0.1) is 0 Å². The van der Waals surface area contributed by atoms with Crippen LogP contribution in [0.15, 0.2) is 182 Å². The van der Waals surface area contributed by atoms with Crippen molar-refractivity contribution in [1.29, 1.82) is 0 Å². The van der Waals surface area contributed by atoms with Crippen molar-refractivity contribution in [3.8, 4) is 0 Å². The summed E-state index contributed by atoms with van der Waals surface area (Å²) in [5.41, 5.74) is 0. The van der Waals surface area contributed by atoms with E-state index in [-0.39, 0.29) is 0 Å². The van der Waals surface area contributed by atoms with Crippen molar-refractivity contribution in [3.05, 3.63) is 182 Å². The molecule has 0 unspecified atom stereocenters. The van der Waals surface area contributed by atoms with E-state index in [1.807, 2.05) is 0 Å². The van der Waals surface area contributed by atoms with Gasteiger partial charge in [-0.3, -0.25) is 0 Å². The number of hydrogen-bond donors (Lipinski definition) is 0. The fourth-order valence-corrected chi connectivity index (χ4v) is 43.8. The van der Waals surface area contributed by atoms with Crippen molar-refractivity contribution in [2.45, 2.75) is 0 Å². The third kappa shape index (κ3) is 4.73. The molecule has 0 aliphatic heterocycles. The third-order valence-electron chi connectivity index (χ3n) is 7.34. The van der Waals surface area contributed by atoms with Gasteiger partial charge in [-0.25, -0.2) is 0 Å². The van der Waals surface area contributed by atoms with Crippen molar-refractivity contribution >= 4 is 58.1 Å². The van der Waals surface area contributed by atoms with E-state index in [2.05, 4.69) is 182 Å².